The molecule has 0 bridgehead atoms. The molecule has 21 heavy (non-hydrogen) atoms. The lowest BCUT2D eigenvalue weighted by Crippen LogP contribution is -2.16. The van der Waals surface area contributed by atoms with Gasteiger partial charge in [-0.3, -0.25) is 4.79 Å². The molecule has 0 saturated carbocycles. The van der Waals surface area contributed by atoms with Gasteiger partial charge in [-0.2, -0.15) is 0 Å². The van der Waals surface area contributed by atoms with Crippen molar-refractivity contribution in [1.82, 2.24) is 0 Å². The number of primary amides is 1. The maximum absolute atomic E-state index is 10.9. The van der Waals surface area contributed by atoms with Crippen LogP contribution < -0.4 is 11.1 Å². The van der Waals surface area contributed by atoms with Crippen molar-refractivity contribution in [3.63, 3.8) is 0 Å². The molecule has 1 atom stereocenters. The van der Waals surface area contributed by atoms with Gasteiger partial charge >= 0.3 is 0 Å². The smallest absolute Gasteiger partial charge is 0.221 e. The first-order chi connectivity index (χ1) is 10.1. The van der Waals surface area contributed by atoms with E-state index in [2.05, 4.69) is 27.3 Å². The Morgan fingerprint density at radius 3 is 2.86 bits per heavy atom. The summed E-state index contributed by atoms with van der Waals surface area (Å²) >= 11 is 5.42. The van der Waals surface area contributed by atoms with E-state index in [1.165, 1.54) is 27.1 Å². The Labute approximate surface area is 136 Å². The highest BCUT2D eigenvalue weighted by Gasteiger charge is 2.22. The molecule has 2 aromatic rings. The van der Waals surface area contributed by atoms with Crippen LogP contribution in [0.3, 0.4) is 0 Å². The van der Waals surface area contributed by atoms with Gasteiger partial charge in [0, 0.05) is 10.6 Å². The third-order valence-corrected chi connectivity index (χ3v) is 5.47. The van der Waals surface area contributed by atoms with Crippen LogP contribution in [0.1, 0.15) is 34.9 Å². The van der Waals surface area contributed by atoms with Gasteiger partial charge in [0.25, 0.3) is 0 Å². The average Bonchev–Trinajstić information content (AvgIpc) is 2.82. The van der Waals surface area contributed by atoms with E-state index >= 15 is 0 Å². The van der Waals surface area contributed by atoms with E-state index in [0.717, 1.165) is 17.7 Å². The Morgan fingerprint density at radius 2 is 2.14 bits per heavy atom. The summed E-state index contributed by atoms with van der Waals surface area (Å²) in [4.78, 5) is 12.4. The fourth-order valence-electron chi connectivity index (χ4n) is 2.79. The minimum absolute atomic E-state index is 0.296. The maximum Gasteiger partial charge on any atom is 0.221 e. The largest absolute Gasteiger partial charge is 0.378 e. The number of carbonyl (C=O) groups excluding carboxylic acids is 1. The molecule has 1 aromatic heterocycles. The van der Waals surface area contributed by atoms with Gasteiger partial charge < -0.3 is 11.1 Å². The van der Waals surface area contributed by atoms with Gasteiger partial charge in [0.05, 0.1) is 16.2 Å². The maximum atomic E-state index is 10.9. The number of thiophene rings is 1. The zero-order chi connectivity index (χ0) is 14.8. The van der Waals surface area contributed by atoms with Crippen molar-refractivity contribution in [2.45, 2.75) is 31.7 Å². The molecule has 0 radical (unpaired) electrons. The van der Waals surface area contributed by atoms with Crippen LogP contribution in [0, 0.1) is 0 Å². The number of benzene rings is 1. The lowest BCUT2D eigenvalue weighted by molar-refractivity contribution is -0.117. The molecule has 5 heteroatoms. The lowest BCUT2D eigenvalue weighted by atomic mass is 9.94. The number of carbonyl (C=O) groups is 1. The number of hydrogen-bond acceptors (Lipinski definition) is 3. The van der Waals surface area contributed by atoms with Crippen LogP contribution >= 0.6 is 27.3 Å². The van der Waals surface area contributed by atoms with Crippen molar-refractivity contribution in [3.05, 3.63) is 50.1 Å². The van der Waals surface area contributed by atoms with E-state index in [-0.39, 0.29) is 5.91 Å². The van der Waals surface area contributed by atoms with Gasteiger partial charge in [0.15, 0.2) is 0 Å². The minimum atomic E-state index is -0.296. The van der Waals surface area contributed by atoms with Crippen LogP contribution in [0.15, 0.2) is 34.1 Å². The molecule has 0 aliphatic heterocycles. The molecule has 1 aromatic carbocycles. The average molecular weight is 365 g/mol. The van der Waals surface area contributed by atoms with Gasteiger partial charge in [-0.1, -0.05) is 12.1 Å². The van der Waals surface area contributed by atoms with Crippen LogP contribution in [0.5, 0.6) is 0 Å². The summed E-state index contributed by atoms with van der Waals surface area (Å²) in [6.45, 7) is 0. The second kappa shape index (κ2) is 6.20. The molecule has 1 aliphatic rings. The summed E-state index contributed by atoms with van der Waals surface area (Å²) in [5, 5.41) is 3.60. The highest BCUT2D eigenvalue weighted by molar-refractivity contribution is 9.11. The lowest BCUT2D eigenvalue weighted by Gasteiger charge is -2.24. The van der Waals surface area contributed by atoms with Gasteiger partial charge in [-0.25, -0.2) is 0 Å². The first-order valence-electron chi connectivity index (χ1n) is 7.04. The molecular formula is C16H17BrN2OS. The first-order valence-corrected chi connectivity index (χ1v) is 8.64. The summed E-state index contributed by atoms with van der Waals surface area (Å²) in [6.07, 6.45) is 3.85. The summed E-state index contributed by atoms with van der Waals surface area (Å²) in [7, 11) is 0. The molecule has 3 nitrogen and oxygen atoms in total. The van der Waals surface area contributed by atoms with E-state index in [9.17, 15) is 4.79 Å². The second-order valence-corrected chi connectivity index (χ2v) is 7.87. The third-order valence-electron chi connectivity index (χ3n) is 3.76. The number of amides is 1. The Bertz CT molecular complexity index is 651. The number of rotatable bonds is 4. The zero-order valence-corrected chi connectivity index (χ0v) is 14.0. The van der Waals surface area contributed by atoms with Crippen molar-refractivity contribution in [2.24, 2.45) is 5.73 Å². The predicted molar refractivity (Wildman–Crippen MR) is 90.7 cm³/mol. The number of anilines is 1. The monoisotopic (exact) mass is 364 g/mol. The summed E-state index contributed by atoms with van der Waals surface area (Å²) in [6, 6.07) is 10.6. The molecule has 1 heterocycles. The molecule has 1 unspecified atom stereocenters. The van der Waals surface area contributed by atoms with Gasteiger partial charge in [-0.05, 0) is 64.5 Å². The van der Waals surface area contributed by atoms with E-state index < -0.39 is 0 Å². The molecule has 110 valence electrons. The Hall–Kier alpha value is -1.33. The first kappa shape index (κ1) is 14.6. The molecule has 1 aliphatic carbocycles. The normalized spacial score (nSPS) is 17.3. The van der Waals surface area contributed by atoms with E-state index in [0.29, 0.717) is 12.5 Å². The Kier molecular flexibility index (Phi) is 4.31. The second-order valence-electron chi connectivity index (χ2n) is 5.36. The van der Waals surface area contributed by atoms with Crippen LogP contribution in [-0.4, -0.2) is 5.91 Å². The van der Waals surface area contributed by atoms with Crippen LogP contribution in [0.4, 0.5) is 5.69 Å². The van der Waals surface area contributed by atoms with Crippen molar-refractivity contribution in [2.75, 3.05) is 5.32 Å². The Balaban J connectivity index is 1.74. The van der Waals surface area contributed by atoms with E-state index in [1.807, 2.05) is 35.6 Å². The fourth-order valence-corrected chi connectivity index (χ4v) is 4.61. The number of nitrogens with two attached hydrogens (primary N) is 1. The topological polar surface area (TPSA) is 55.1 Å². The third kappa shape index (κ3) is 3.47. The minimum Gasteiger partial charge on any atom is -0.378 e. The number of hydrogen-bond donors (Lipinski definition) is 2. The Morgan fingerprint density at radius 1 is 1.38 bits per heavy atom. The summed E-state index contributed by atoms with van der Waals surface area (Å²) in [5.74, 6) is -0.296. The SMILES string of the molecule is NC(=O)Cc1ccc(NC2CCCc3sc(Br)cc32)cc1. The number of nitrogens with one attached hydrogen (secondary N) is 1. The molecular weight excluding hydrogens is 348 g/mol. The molecule has 3 rings (SSSR count). The van der Waals surface area contributed by atoms with Crippen LogP contribution in [-0.2, 0) is 17.6 Å². The summed E-state index contributed by atoms with van der Waals surface area (Å²) < 4.78 is 1.21. The van der Waals surface area contributed by atoms with E-state index in [1.54, 1.807) is 0 Å². The number of fused-ring (bicyclic) bond motifs is 1. The molecule has 0 saturated heterocycles. The van der Waals surface area contributed by atoms with E-state index in [4.69, 9.17) is 5.73 Å². The highest BCUT2D eigenvalue weighted by atomic mass is 79.9. The summed E-state index contributed by atoms with van der Waals surface area (Å²) in [5.41, 5.74) is 8.67. The molecule has 0 fully saturated rings. The van der Waals surface area contributed by atoms with Crippen molar-refractivity contribution in [1.29, 1.82) is 0 Å². The highest BCUT2D eigenvalue weighted by Crippen LogP contribution is 2.39. The quantitative estimate of drug-likeness (QED) is 0.860. The van der Waals surface area contributed by atoms with Crippen molar-refractivity contribution in [3.8, 4) is 0 Å². The fraction of sp³-hybridized carbons (Fsp3) is 0.312. The van der Waals surface area contributed by atoms with Crippen LogP contribution in [0.2, 0.25) is 0 Å². The van der Waals surface area contributed by atoms with Gasteiger partial charge in [-0.15, -0.1) is 11.3 Å². The van der Waals surface area contributed by atoms with Crippen LogP contribution in [0.25, 0.3) is 0 Å². The van der Waals surface area contributed by atoms with Gasteiger partial charge in [0.1, 0.15) is 0 Å². The predicted octanol–water partition coefficient (Wildman–Crippen LogP) is 4.03. The zero-order valence-electron chi connectivity index (χ0n) is 11.6. The van der Waals surface area contributed by atoms with Crippen molar-refractivity contribution < 1.29 is 4.79 Å². The van der Waals surface area contributed by atoms with Crippen molar-refractivity contribution >= 4 is 38.9 Å². The molecule has 3 N–H and O–H groups in total. The number of halogens is 1. The number of aryl methyl sites for hydroxylation is 1. The molecule has 1 amide bonds. The molecule has 0 spiro atoms. The van der Waals surface area contributed by atoms with Gasteiger partial charge in [0.2, 0.25) is 5.91 Å². The standard InChI is InChI=1S/C16H17BrN2OS/c17-15-9-12-13(2-1-3-14(12)21-15)19-11-6-4-10(5-7-11)8-16(18)20/h4-7,9,13,19H,1-3,8H2,(H2,18,20).